The molecule has 0 bridgehead atoms. The lowest BCUT2D eigenvalue weighted by atomic mass is 10.3. The lowest BCUT2D eigenvalue weighted by molar-refractivity contribution is -0.895. The molecule has 7 nitrogen and oxygen atoms in total. The summed E-state index contributed by atoms with van der Waals surface area (Å²) in [5, 5.41) is 4.67. The Hall–Kier alpha value is -1.00. The number of quaternary nitrogens is 1. The highest BCUT2D eigenvalue weighted by Gasteiger charge is 2.31. The predicted molar refractivity (Wildman–Crippen MR) is 97.4 cm³/mol. The second-order valence-electron chi connectivity index (χ2n) is 6.39. The summed E-state index contributed by atoms with van der Waals surface area (Å²) in [4.78, 5) is 13.1. The molecule has 1 aromatic heterocycles. The third-order valence-corrected chi connectivity index (χ3v) is 7.30. The summed E-state index contributed by atoms with van der Waals surface area (Å²) in [6.07, 6.45) is 1.01. The number of carbonyl (C=O) groups is 1. The molecule has 0 atom stereocenters. The Balaban J connectivity index is 1.67. The number of ether oxygens (including phenoxy) is 1. The maximum Gasteiger partial charge on any atom is 0.275 e. The lowest BCUT2D eigenvalue weighted by Crippen LogP contribution is -3.15. The summed E-state index contributed by atoms with van der Waals surface area (Å²) < 4.78 is 32.3. The van der Waals surface area contributed by atoms with Crippen LogP contribution in [-0.4, -0.2) is 70.6 Å². The van der Waals surface area contributed by atoms with E-state index >= 15 is 0 Å². The van der Waals surface area contributed by atoms with Gasteiger partial charge < -0.3 is 15.0 Å². The summed E-state index contributed by atoms with van der Waals surface area (Å²) in [7, 11) is -3.37. The molecule has 1 fully saturated rings. The highest BCUT2D eigenvalue weighted by molar-refractivity contribution is 7.91. The SMILES string of the molecule is CC(C)OCCCNC(=O)C[NH+]1CCN(S(=O)(=O)c2cccs2)CC1. The quantitative estimate of drug-likeness (QED) is 0.561. The van der Waals surface area contributed by atoms with Crippen molar-refractivity contribution in [3.05, 3.63) is 17.5 Å². The first kappa shape index (κ1) is 20.3. The van der Waals surface area contributed by atoms with Crippen LogP contribution in [0.4, 0.5) is 0 Å². The van der Waals surface area contributed by atoms with E-state index in [2.05, 4.69) is 5.32 Å². The molecule has 142 valence electrons. The van der Waals surface area contributed by atoms with E-state index in [1.54, 1.807) is 17.5 Å². The molecule has 1 aliphatic heterocycles. The third kappa shape index (κ3) is 6.34. The van der Waals surface area contributed by atoms with Gasteiger partial charge in [-0.1, -0.05) is 6.07 Å². The van der Waals surface area contributed by atoms with Crippen molar-refractivity contribution >= 4 is 27.3 Å². The van der Waals surface area contributed by atoms with Crippen molar-refractivity contribution in [2.24, 2.45) is 0 Å². The molecule has 0 aromatic carbocycles. The zero-order valence-electron chi connectivity index (χ0n) is 14.9. The van der Waals surface area contributed by atoms with Crippen LogP contribution in [0.1, 0.15) is 20.3 Å². The van der Waals surface area contributed by atoms with Crippen LogP contribution >= 0.6 is 11.3 Å². The highest BCUT2D eigenvalue weighted by Crippen LogP contribution is 2.20. The summed E-state index contributed by atoms with van der Waals surface area (Å²) in [5.41, 5.74) is 0. The summed E-state index contributed by atoms with van der Waals surface area (Å²) in [6, 6.07) is 3.38. The van der Waals surface area contributed by atoms with Gasteiger partial charge >= 0.3 is 0 Å². The second kappa shape index (κ2) is 9.63. The molecule has 2 N–H and O–H groups in total. The average molecular weight is 391 g/mol. The normalized spacial score (nSPS) is 17.1. The third-order valence-electron chi connectivity index (χ3n) is 4.02. The molecule has 25 heavy (non-hydrogen) atoms. The van der Waals surface area contributed by atoms with Crippen molar-refractivity contribution in [2.45, 2.75) is 30.6 Å². The fourth-order valence-electron chi connectivity index (χ4n) is 2.67. The van der Waals surface area contributed by atoms with Crippen LogP contribution in [0.25, 0.3) is 0 Å². The van der Waals surface area contributed by atoms with Crippen LogP contribution < -0.4 is 10.2 Å². The minimum Gasteiger partial charge on any atom is -0.379 e. The number of sulfonamides is 1. The van der Waals surface area contributed by atoms with Crippen molar-refractivity contribution in [2.75, 3.05) is 45.9 Å². The fourth-order valence-corrected chi connectivity index (χ4v) is 5.25. The summed E-state index contributed by atoms with van der Waals surface area (Å²) in [6.45, 7) is 7.80. The van der Waals surface area contributed by atoms with Crippen LogP contribution in [0.2, 0.25) is 0 Å². The number of amides is 1. The Morgan fingerprint density at radius 1 is 1.40 bits per heavy atom. The van der Waals surface area contributed by atoms with Gasteiger partial charge in [0.15, 0.2) is 6.54 Å². The molecule has 0 radical (unpaired) electrons. The van der Waals surface area contributed by atoms with Gasteiger partial charge in [0.2, 0.25) is 0 Å². The van der Waals surface area contributed by atoms with Gasteiger partial charge in [0, 0.05) is 13.2 Å². The highest BCUT2D eigenvalue weighted by atomic mass is 32.2. The number of rotatable bonds is 9. The molecule has 0 aliphatic carbocycles. The molecule has 2 heterocycles. The van der Waals surface area contributed by atoms with E-state index in [4.69, 9.17) is 4.74 Å². The van der Waals surface area contributed by atoms with Gasteiger partial charge in [-0.2, -0.15) is 4.31 Å². The molecule has 1 aliphatic rings. The number of nitrogens with zero attached hydrogens (tertiary/aromatic N) is 1. The van der Waals surface area contributed by atoms with Crippen molar-refractivity contribution in [1.29, 1.82) is 0 Å². The largest absolute Gasteiger partial charge is 0.379 e. The fraction of sp³-hybridized carbons (Fsp3) is 0.688. The maximum absolute atomic E-state index is 12.5. The van der Waals surface area contributed by atoms with Crippen molar-refractivity contribution in [1.82, 2.24) is 9.62 Å². The van der Waals surface area contributed by atoms with E-state index in [0.29, 0.717) is 50.1 Å². The molecule has 1 saturated heterocycles. The summed E-state index contributed by atoms with van der Waals surface area (Å²) in [5.74, 6) is 0.00844. The van der Waals surface area contributed by atoms with E-state index in [9.17, 15) is 13.2 Å². The Morgan fingerprint density at radius 3 is 2.72 bits per heavy atom. The second-order valence-corrected chi connectivity index (χ2v) is 9.50. The molecule has 2 rings (SSSR count). The van der Waals surface area contributed by atoms with Crippen LogP contribution in [-0.2, 0) is 19.6 Å². The number of piperazine rings is 1. The smallest absolute Gasteiger partial charge is 0.275 e. The molecule has 9 heteroatoms. The number of thiophene rings is 1. The molecule has 1 aromatic rings. The molecular formula is C16H28N3O4S2+. The minimum atomic E-state index is -3.37. The lowest BCUT2D eigenvalue weighted by Gasteiger charge is -2.30. The van der Waals surface area contributed by atoms with Gasteiger partial charge in [-0.05, 0) is 31.7 Å². The van der Waals surface area contributed by atoms with Gasteiger partial charge in [0.05, 0.1) is 32.3 Å². The van der Waals surface area contributed by atoms with Gasteiger partial charge in [-0.3, -0.25) is 4.79 Å². The van der Waals surface area contributed by atoms with E-state index < -0.39 is 10.0 Å². The van der Waals surface area contributed by atoms with Gasteiger partial charge in [0.25, 0.3) is 15.9 Å². The first-order valence-electron chi connectivity index (χ1n) is 8.65. The van der Waals surface area contributed by atoms with Crippen molar-refractivity contribution in [3.63, 3.8) is 0 Å². The van der Waals surface area contributed by atoms with Crippen LogP contribution in [0.5, 0.6) is 0 Å². The van der Waals surface area contributed by atoms with E-state index in [-0.39, 0.29) is 12.0 Å². The van der Waals surface area contributed by atoms with E-state index in [1.807, 2.05) is 13.8 Å². The number of nitrogens with one attached hydrogen (secondary N) is 2. The molecule has 0 saturated carbocycles. The van der Waals surface area contributed by atoms with Gasteiger partial charge in [-0.25, -0.2) is 8.42 Å². The Labute approximate surface area is 154 Å². The topological polar surface area (TPSA) is 80.2 Å². The van der Waals surface area contributed by atoms with Crippen LogP contribution in [0.15, 0.2) is 21.7 Å². The van der Waals surface area contributed by atoms with Crippen LogP contribution in [0, 0.1) is 0 Å². The van der Waals surface area contributed by atoms with E-state index in [0.717, 1.165) is 11.3 Å². The molecule has 0 unspecified atom stereocenters. The molecular weight excluding hydrogens is 362 g/mol. The minimum absolute atomic E-state index is 0.00844. The molecule has 0 spiro atoms. The summed E-state index contributed by atoms with van der Waals surface area (Å²) >= 11 is 1.24. The molecule has 1 amide bonds. The monoisotopic (exact) mass is 390 g/mol. The zero-order valence-corrected chi connectivity index (χ0v) is 16.5. The number of carbonyl (C=O) groups excluding carboxylic acids is 1. The first-order chi connectivity index (χ1) is 11.9. The average Bonchev–Trinajstić information content (AvgIpc) is 3.10. The first-order valence-corrected chi connectivity index (χ1v) is 11.0. The van der Waals surface area contributed by atoms with E-state index in [1.165, 1.54) is 15.6 Å². The predicted octanol–water partition coefficient (Wildman–Crippen LogP) is -0.431. The van der Waals surface area contributed by atoms with Gasteiger partial charge in [-0.15, -0.1) is 11.3 Å². The maximum atomic E-state index is 12.5. The Morgan fingerprint density at radius 2 is 2.12 bits per heavy atom. The van der Waals surface area contributed by atoms with Gasteiger partial charge in [0.1, 0.15) is 4.21 Å². The Kier molecular flexibility index (Phi) is 7.82. The van der Waals surface area contributed by atoms with Crippen molar-refractivity contribution in [3.8, 4) is 0 Å². The number of hydrogen-bond donors (Lipinski definition) is 2. The Bertz CT molecular complexity index is 624. The number of hydrogen-bond acceptors (Lipinski definition) is 5. The standard InChI is InChI=1S/C16H27N3O4S2/c1-14(2)23-11-4-6-17-15(20)13-18-7-9-19(10-8-18)25(21,22)16-5-3-12-24-16/h3,5,12,14H,4,6-11,13H2,1-2H3,(H,17,20)/p+1. The van der Waals surface area contributed by atoms with Crippen LogP contribution in [0.3, 0.4) is 0 Å². The van der Waals surface area contributed by atoms with Crippen molar-refractivity contribution < 1.29 is 22.8 Å². The zero-order chi connectivity index (χ0) is 18.3.